The molecule has 0 spiro atoms. The van der Waals surface area contributed by atoms with E-state index in [4.69, 9.17) is 14.2 Å². The molecule has 2 aliphatic heterocycles. The van der Waals surface area contributed by atoms with E-state index in [0.29, 0.717) is 6.42 Å². The first-order valence-corrected chi connectivity index (χ1v) is 14.0. The number of esters is 1. The molecule has 3 unspecified atom stereocenters. The highest BCUT2D eigenvalue weighted by molar-refractivity contribution is 5.90. The summed E-state index contributed by atoms with van der Waals surface area (Å²) in [5.74, 6) is -1.71. The second-order valence-electron chi connectivity index (χ2n) is 10.3. The summed E-state index contributed by atoms with van der Waals surface area (Å²) < 4.78 is 17.0. The second kappa shape index (κ2) is 14.4. The van der Waals surface area contributed by atoms with Gasteiger partial charge in [-0.25, -0.2) is 4.79 Å². The van der Waals surface area contributed by atoms with Crippen molar-refractivity contribution in [3.63, 3.8) is 0 Å². The number of carbonyl (C=O) groups excluding carboxylic acids is 2. The molecule has 0 aromatic heterocycles. The zero-order valence-electron chi connectivity index (χ0n) is 22.1. The molecule has 0 amide bonds. The van der Waals surface area contributed by atoms with Crippen LogP contribution in [0.3, 0.4) is 0 Å². The topological polar surface area (TPSA) is 82.1 Å². The van der Waals surface area contributed by atoms with E-state index in [2.05, 4.69) is 6.92 Å². The highest BCUT2D eigenvalue weighted by Gasteiger charge is 2.53. The molecule has 2 aliphatic rings. The molecule has 1 N–H and O–H groups in total. The summed E-state index contributed by atoms with van der Waals surface area (Å²) in [5.41, 5.74) is 0.749. The molecule has 0 radical (unpaired) electrons. The summed E-state index contributed by atoms with van der Waals surface area (Å²) in [6, 6.07) is 9.29. The van der Waals surface area contributed by atoms with Crippen LogP contribution >= 0.6 is 0 Å². The van der Waals surface area contributed by atoms with Crippen molar-refractivity contribution in [1.29, 1.82) is 0 Å². The summed E-state index contributed by atoms with van der Waals surface area (Å²) in [6.07, 6.45) is 14.5. The number of Topliss-reactive ketones (excluding diaryl/α,β-unsaturated/α-hetero) is 1. The maximum atomic E-state index is 12.4. The fourth-order valence-corrected chi connectivity index (χ4v) is 4.97. The van der Waals surface area contributed by atoms with Gasteiger partial charge in [0.2, 0.25) is 0 Å². The Morgan fingerprint density at radius 1 is 0.889 bits per heavy atom. The lowest BCUT2D eigenvalue weighted by Crippen LogP contribution is -2.35. The number of cyclic esters (lactones) is 1. The van der Waals surface area contributed by atoms with E-state index in [1.165, 1.54) is 64.2 Å². The van der Waals surface area contributed by atoms with Gasteiger partial charge >= 0.3 is 5.97 Å². The number of aliphatic hydroxyl groups is 1. The van der Waals surface area contributed by atoms with Gasteiger partial charge in [0, 0.05) is 25.3 Å². The largest absolute Gasteiger partial charge is 0.445 e. The molecule has 1 aromatic rings. The lowest BCUT2D eigenvalue weighted by molar-refractivity contribution is -0.187. The minimum Gasteiger partial charge on any atom is -0.445 e. The van der Waals surface area contributed by atoms with Gasteiger partial charge in [0.1, 0.15) is 11.9 Å². The Balaban J connectivity index is 1.28. The average Bonchev–Trinajstić information content (AvgIpc) is 3.38. The molecule has 0 bridgehead atoms. The molecule has 0 saturated carbocycles. The third-order valence-electron chi connectivity index (χ3n) is 7.15. The molecular weight excluding hydrogens is 456 g/mol. The van der Waals surface area contributed by atoms with Crippen LogP contribution in [0.25, 0.3) is 0 Å². The van der Waals surface area contributed by atoms with Crippen molar-refractivity contribution in [3.8, 4) is 0 Å². The summed E-state index contributed by atoms with van der Waals surface area (Å²) in [7, 11) is 0. The highest BCUT2D eigenvalue weighted by atomic mass is 16.8. The number of benzene rings is 1. The zero-order valence-corrected chi connectivity index (χ0v) is 22.1. The molecule has 0 aliphatic carbocycles. The van der Waals surface area contributed by atoms with Crippen molar-refractivity contribution in [3.05, 3.63) is 47.4 Å². The first kappa shape index (κ1) is 28.2. The maximum absolute atomic E-state index is 12.4. The smallest absolute Gasteiger partial charge is 0.378 e. The van der Waals surface area contributed by atoms with Gasteiger partial charge in [0.05, 0.1) is 0 Å². The van der Waals surface area contributed by atoms with Gasteiger partial charge in [-0.3, -0.25) is 4.79 Å². The minimum atomic E-state index is -1.16. The summed E-state index contributed by atoms with van der Waals surface area (Å²) >= 11 is 0. The molecule has 3 atom stereocenters. The lowest BCUT2D eigenvalue weighted by atomic mass is 10.0. The fourth-order valence-electron chi connectivity index (χ4n) is 4.97. The Kier molecular flexibility index (Phi) is 11.3. The Hall–Kier alpha value is -2.34. The third kappa shape index (κ3) is 8.09. The summed E-state index contributed by atoms with van der Waals surface area (Å²) in [6.45, 7) is 3.97. The van der Waals surface area contributed by atoms with Gasteiger partial charge in [-0.05, 0) is 6.42 Å². The van der Waals surface area contributed by atoms with Crippen LogP contribution in [-0.4, -0.2) is 29.1 Å². The van der Waals surface area contributed by atoms with Crippen LogP contribution < -0.4 is 0 Å². The molecule has 200 valence electrons. The van der Waals surface area contributed by atoms with Crippen molar-refractivity contribution < 1.29 is 28.9 Å². The van der Waals surface area contributed by atoms with E-state index < -0.39 is 24.0 Å². The van der Waals surface area contributed by atoms with E-state index in [1.807, 2.05) is 30.3 Å². The predicted molar refractivity (Wildman–Crippen MR) is 139 cm³/mol. The Labute approximate surface area is 216 Å². The Bertz CT molecular complexity index is 863. The van der Waals surface area contributed by atoms with Crippen molar-refractivity contribution in [2.24, 2.45) is 0 Å². The van der Waals surface area contributed by atoms with Gasteiger partial charge in [-0.15, -0.1) is 0 Å². The van der Waals surface area contributed by atoms with Crippen LogP contribution in [0, 0.1) is 0 Å². The van der Waals surface area contributed by atoms with Crippen LogP contribution in [0.5, 0.6) is 0 Å². The van der Waals surface area contributed by atoms with E-state index in [-0.39, 0.29) is 23.7 Å². The first-order chi connectivity index (χ1) is 17.4. The van der Waals surface area contributed by atoms with Crippen LogP contribution in [0.1, 0.15) is 116 Å². The van der Waals surface area contributed by atoms with E-state index >= 15 is 0 Å². The van der Waals surface area contributed by atoms with Crippen LogP contribution in [-0.2, 0) is 29.6 Å². The van der Waals surface area contributed by atoms with Crippen LogP contribution in [0.2, 0.25) is 0 Å². The van der Waals surface area contributed by atoms with Crippen LogP contribution in [0.15, 0.2) is 41.9 Å². The Morgan fingerprint density at radius 2 is 1.44 bits per heavy atom. The van der Waals surface area contributed by atoms with Gasteiger partial charge < -0.3 is 19.3 Å². The third-order valence-corrected chi connectivity index (χ3v) is 7.15. The quantitative estimate of drug-likeness (QED) is 0.175. The SMILES string of the molecule is CCCCCCCCCCCCCCCC(=O)CC(O)C1OC(=O)C2=C1OC(C)(c1ccccc1)O2. The fraction of sp³-hybridized carbons (Fsp3) is 0.667. The first-order valence-electron chi connectivity index (χ1n) is 14.0. The molecule has 6 heteroatoms. The van der Waals surface area contributed by atoms with E-state index in [0.717, 1.165) is 24.8 Å². The number of ether oxygens (including phenoxy) is 3. The highest BCUT2D eigenvalue weighted by Crippen LogP contribution is 2.44. The van der Waals surface area contributed by atoms with Crippen molar-refractivity contribution in [2.45, 2.75) is 128 Å². The molecule has 3 rings (SSSR count). The molecular formula is C30H44O6. The molecule has 36 heavy (non-hydrogen) atoms. The number of ketones is 1. The number of aliphatic hydroxyl groups excluding tert-OH is 1. The number of unbranched alkanes of at least 4 members (excludes halogenated alkanes) is 12. The Morgan fingerprint density at radius 3 is 2.03 bits per heavy atom. The molecule has 1 aromatic carbocycles. The molecule has 0 fully saturated rings. The van der Waals surface area contributed by atoms with E-state index in [9.17, 15) is 14.7 Å². The summed E-state index contributed by atoms with van der Waals surface area (Å²) in [5, 5.41) is 10.7. The van der Waals surface area contributed by atoms with Gasteiger partial charge in [0.25, 0.3) is 11.5 Å². The number of rotatable bonds is 18. The number of carbonyl (C=O) groups is 2. The number of hydrogen-bond donors (Lipinski definition) is 1. The number of hydrogen-bond acceptors (Lipinski definition) is 6. The standard InChI is InChI=1S/C30H44O6/c1-3-4-5-6-7-8-9-10-11-12-13-14-18-21-24(31)22-25(32)26-27-28(29(33)34-26)36-30(2,35-27)23-19-16-15-17-20-23/h15-17,19-20,25-26,32H,3-14,18,21-22H2,1-2H3. The van der Waals surface area contributed by atoms with Crippen molar-refractivity contribution in [2.75, 3.05) is 0 Å². The van der Waals surface area contributed by atoms with Gasteiger partial charge in [0.15, 0.2) is 11.9 Å². The van der Waals surface area contributed by atoms with Crippen molar-refractivity contribution in [1.82, 2.24) is 0 Å². The van der Waals surface area contributed by atoms with Gasteiger partial charge in [-0.1, -0.05) is 114 Å². The molecule has 2 heterocycles. The van der Waals surface area contributed by atoms with Crippen LogP contribution in [0.4, 0.5) is 0 Å². The second-order valence-corrected chi connectivity index (χ2v) is 10.3. The normalized spacial score (nSPS) is 21.6. The predicted octanol–water partition coefficient (Wildman–Crippen LogP) is 6.84. The minimum absolute atomic E-state index is 0.0191. The molecule has 6 nitrogen and oxygen atoms in total. The monoisotopic (exact) mass is 500 g/mol. The van der Waals surface area contributed by atoms with Crippen molar-refractivity contribution >= 4 is 11.8 Å². The lowest BCUT2D eigenvalue weighted by Gasteiger charge is -2.28. The van der Waals surface area contributed by atoms with Gasteiger partial charge in [-0.2, -0.15) is 0 Å². The molecule has 0 saturated heterocycles. The zero-order chi connectivity index (χ0) is 25.8. The van der Waals surface area contributed by atoms with E-state index in [1.54, 1.807) is 6.92 Å². The maximum Gasteiger partial charge on any atom is 0.378 e. The average molecular weight is 501 g/mol. The summed E-state index contributed by atoms with van der Waals surface area (Å²) in [4.78, 5) is 24.7.